The fourth-order valence-corrected chi connectivity index (χ4v) is 2.44. The minimum Gasteiger partial charge on any atom is -0.481 e. The number of benzene rings is 2. The number of halogens is 3. The maximum atomic E-state index is 13.8. The molecule has 0 radical (unpaired) electrons. The summed E-state index contributed by atoms with van der Waals surface area (Å²) < 4.78 is 13.8. The van der Waals surface area contributed by atoms with Gasteiger partial charge in [0.05, 0.1) is 23.0 Å². The summed E-state index contributed by atoms with van der Waals surface area (Å²) in [6, 6.07) is 9.37. The number of carboxylic acids is 1. The van der Waals surface area contributed by atoms with E-state index in [1.165, 1.54) is 12.1 Å². The maximum absolute atomic E-state index is 13.8. The lowest BCUT2D eigenvalue weighted by Crippen LogP contribution is -2.31. The molecule has 23 heavy (non-hydrogen) atoms. The van der Waals surface area contributed by atoms with E-state index >= 15 is 0 Å². The second-order valence-electron chi connectivity index (χ2n) is 4.77. The van der Waals surface area contributed by atoms with Gasteiger partial charge in [-0.2, -0.15) is 0 Å². The molecule has 0 aliphatic rings. The Morgan fingerprint density at radius 1 is 1.13 bits per heavy atom. The van der Waals surface area contributed by atoms with Crippen molar-refractivity contribution in [2.24, 2.45) is 0 Å². The van der Waals surface area contributed by atoms with Crippen LogP contribution in [-0.2, 0) is 4.79 Å². The molecule has 2 aromatic carbocycles. The second kappa shape index (κ2) is 7.44. The Labute approximate surface area is 141 Å². The van der Waals surface area contributed by atoms with Gasteiger partial charge in [0.15, 0.2) is 0 Å². The number of carbonyl (C=O) groups excluding carboxylic acids is 1. The molecule has 2 rings (SSSR count). The zero-order valence-electron chi connectivity index (χ0n) is 11.7. The van der Waals surface area contributed by atoms with Crippen LogP contribution in [0, 0.1) is 5.82 Å². The molecule has 0 unspecified atom stereocenters. The van der Waals surface area contributed by atoms with Gasteiger partial charge in [0.1, 0.15) is 5.82 Å². The Bertz CT molecular complexity index is 714. The minimum absolute atomic E-state index is 0.0484. The molecule has 120 valence electrons. The number of hydrogen-bond acceptors (Lipinski definition) is 2. The first kappa shape index (κ1) is 17.2. The van der Waals surface area contributed by atoms with E-state index in [1.807, 2.05) is 0 Å². The number of amides is 1. The van der Waals surface area contributed by atoms with E-state index in [2.05, 4.69) is 5.32 Å². The standard InChI is InChI=1S/C16H12Cl2FNO3/c17-10-6-4-9(5-7-10)13(8-14(21)22)20-16(23)15-11(18)2-1-3-12(15)19/h1-7,13H,8H2,(H,20,23)(H,21,22)/t13-/m1/s1. The van der Waals surface area contributed by atoms with Gasteiger partial charge in [-0.15, -0.1) is 0 Å². The topological polar surface area (TPSA) is 66.4 Å². The van der Waals surface area contributed by atoms with E-state index in [4.69, 9.17) is 28.3 Å². The van der Waals surface area contributed by atoms with Crippen LogP contribution in [0.4, 0.5) is 4.39 Å². The van der Waals surface area contributed by atoms with Crippen molar-refractivity contribution in [1.29, 1.82) is 0 Å². The Morgan fingerprint density at radius 3 is 2.35 bits per heavy atom. The first-order chi connectivity index (χ1) is 10.9. The first-order valence-corrected chi connectivity index (χ1v) is 7.36. The van der Waals surface area contributed by atoms with Gasteiger partial charge < -0.3 is 10.4 Å². The quantitative estimate of drug-likeness (QED) is 0.849. The van der Waals surface area contributed by atoms with E-state index in [-0.39, 0.29) is 17.0 Å². The highest BCUT2D eigenvalue weighted by atomic mass is 35.5. The third kappa shape index (κ3) is 4.43. The molecule has 0 aliphatic carbocycles. The van der Waals surface area contributed by atoms with Crippen LogP contribution in [0.5, 0.6) is 0 Å². The molecule has 0 saturated heterocycles. The molecule has 0 spiro atoms. The van der Waals surface area contributed by atoms with E-state index in [0.717, 1.165) is 6.07 Å². The van der Waals surface area contributed by atoms with E-state index in [0.29, 0.717) is 10.6 Å². The van der Waals surface area contributed by atoms with Gasteiger partial charge in [-0.1, -0.05) is 41.4 Å². The molecule has 0 aromatic heterocycles. The van der Waals surface area contributed by atoms with Crippen molar-refractivity contribution in [1.82, 2.24) is 5.32 Å². The summed E-state index contributed by atoms with van der Waals surface area (Å²) in [5.41, 5.74) is 0.219. The number of nitrogens with one attached hydrogen (secondary N) is 1. The van der Waals surface area contributed by atoms with Crippen LogP contribution in [0.15, 0.2) is 42.5 Å². The zero-order chi connectivity index (χ0) is 17.0. The predicted molar refractivity (Wildman–Crippen MR) is 85.3 cm³/mol. The van der Waals surface area contributed by atoms with Gasteiger partial charge in [0.25, 0.3) is 5.91 Å². The normalized spacial score (nSPS) is 11.8. The largest absolute Gasteiger partial charge is 0.481 e. The monoisotopic (exact) mass is 355 g/mol. The highest BCUT2D eigenvalue weighted by Gasteiger charge is 2.22. The number of aliphatic carboxylic acids is 1. The second-order valence-corrected chi connectivity index (χ2v) is 5.62. The molecule has 1 atom stereocenters. The molecule has 4 nitrogen and oxygen atoms in total. The molecule has 1 amide bonds. The Hall–Kier alpha value is -2.11. The highest BCUT2D eigenvalue weighted by Crippen LogP contribution is 2.23. The van der Waals surface area contributed by atoms with Crippen LogP contribution in [0.3, 0.4) is 0 Å². The summed E-state index contributed by atoms with van der Waals surface area (Å²) in [6.07, 6.45) is -0.362. The van der Waals surface area contributed by atoms with Gasteiger partial charge in [0.2, 0.25) is 0 Å². The lowest BCUT2D eigenvalue weighted by Gasteiger charge is -2.18. The Balaban J connectivity index is 2.29. The predicted octanol–water partition coefficient (Wildman–Crippen LogP) is 4.08. The molecule has 2 N–H and O–H groups in total. The van der Waals surface area contributed by atoms with Gasteiger partial charge in [0, 0.05) is 5.02 Å². The summed E-state index contributed by atoms with van der Waals surface area (Å²) in [4.78, 5) is 23.3. The van der Waals surface area contributed by atoms with Crippen LogP contribution in [0.1, 0.15) is 28.4 Å². The molecule has 0 fully saturated rings. The van der Waals surface area contributed by atoms with E-state index < -0.39 is 23.7 Å². The van der Waals surface area contributed by atoms with Crippen molar-refractivity contribution in [3.8, 4) is 0 Å². The lowest BCUT2D eigenvalue weighted by molar-refractivity contribution is -0.137. The number of rotatable bonds is 5. The summed E-state index contributed by atoms with van der Waals surface area (Å²) in [7, 11) is 0. The van der Waals surface area contributed by atoms with Crippen molar-refractivity contribution >= 4 is 35.1 Å². The number of hydrogen-bond donors (Lipinski definition) is 2. The van der Waals surface area contributed by atoms with E-state index in [9.17, 15) is 14.0 Å². The number of carbonyl (C=O) groups is 2. The first-order valence-electron chi connectivity index (χ1n) is 6.60. The molecular formula is C16H12Cl2FNO3. The van der Waals surface area contributed by atoms with Crippen molar-refractivity contribution in [2.45, 2.75) is 12.5 Å². The molecule has 0 aliphatic heterocycles. The van der Waals surface area contributed by atoms with Gasteiger partial charge in [-0.3, -0.25) is 9.59 Å². The summed E-state index contributed by atoms with van der Waals surface area (Å²) in [5, 5.41) is 11.9. The van der Waals surface area contributed by atoms with Crippen LogP contribution in [0.2, 0.25) is 10.0 Å². The Kier molecular flexibility index (Phi) is 5.58. The maximum Gasteiger partial charge on any atom is 0.305 e. The van der Waals surface area contributed by atoms with Gasteiger partial charge in [-0.25, -0.2) is 4.39 Å². The van der Waals surface area contributed by atoms with Crippen molar-refractivity contribution < 1.29 is 19.1 Å². The summed E-state index contributed by atoms with van der Waals surface area (Å²) in [5.74, 6) is -2.67. The lowest BCUT2D eigenvalue weighted by atomic mass is 10.0. The highest BCUT2D eigenvalue weighted by molar-refractivity contribution is 6.33. The SMILES string of the molecule is O=C(O)C[C@@H](NC(=O)c1c(F)cccc1Cl)c1ccc(Cl)cc1. The molecule has 0 heterocycles. The van der Waals surface area contributed by atoms with Gasteiger partial charge in [-0.05, 0) is 29.8 Å². The minimum atomic E-state index is -1.11. The van der Waals surface area contributed by atoms with Crippen LogP contribution in [0.25, 0.3) is 0 Å². The summed E-state index contributed by atoms with van der Waals surface area (Å²) in [6.45, 7) is 0. The molecule has 2 aromatic rings. The average molecular weight is 356 g/mol. The van der Waals surface area contributed by atoms with Crippen molar-refractivity contribution in [2.75, 3.05) is 0 Å². The van der Waals surface area contributed by atoms with Crippen molar-refractivity contribution in [3.05, 3.63) is 69.5 Å². The third-order valence-electron chi connectivity index (χ3n) is 3.15. The van der Waals surface area contributed by atoms with E-state index in [1.54, 1.807) is 24.3 Å². The smallest absolute Gasteiger partial charge is 0.305 e. The van der Waals surface area contributed by atoms with Crippen LogP contribution < -0.4 is 5.32 Å². The number of carboxylic acid groups (broad SMARTS) is 1. The summed E-state index contributed by atoms with van der Waals surface area (Å²) >= 11 is 11.6. The van der Waals surface area contributed by atoms with Crippen LogP contribution in [-0.4, -0.2) is 17.0 Å². The fourth-order valence-electron chi connectivity index (χ4n) is 2.07. The zero-order valence-corrected chi connectivity index (χ0v) is 13.2. The van der Waals surface area contributed by atoms with Crippen molar-refractivity contribution in [3.63, 3.8) is 0 Å². The molecule has 0 saturated carbocycles. The molecular weight excluding hydrogens is 344 g/mol. The van der Waals surface area contributed by atoms with Crippen LogP contribution >= 0.6 is 23.2 Å². The molecule has 0 bridgehead atoms. The third-order valence-corrected chi connectivity index (χ3v) is 3.71. The van der Waals surface area contributed by atoms with Gasteiger partial charge >= 0.3 is 5.97 Å². The molecule has 7 heteroatoms. The fraction of sp³-hybridized carbons (Fsp3) is 0.125. The Morgan fingerprint density at radius 2 is 1.78 bits per heavy atom. The average Bonchev–Trinajstić information content (AvgIpc) is 2.46.